The summed E-state index contributed by atoms with van der Waals surface area (Å²) in [5.41, 5.74) is 3.59. The van der Waals surface area contributed by atoms with Gasteiger partial charge in [0.2, 0.25) is 0 Å². The third kappa shape index (κ3) is 7.29. The number of hydrogen-bond acceptors (Lipinski definition) is 5. The van der Waals surface area contributed by atoms with Crippen LogP contribution >= 0.6 is 0 Å². The molecule has 0 fully saturated rings. The van der Waals surface area contributed by atoms with E-state index in [9.17, 15) is 14.7 Å². The number of aliphatic hydroxyl groups is 1. The molecule has 5 heteroatoms. The van der Waals surface area contributed by atoms with Crippen molar-refractivity contribution in [3.05, 3.63) is 107 Å². The van der Waals surface area contributed by atoms with Crippen molar-refractivity contribution in [1.82, 2.24) is 0 Å². The molecule has 0 heterocycles. The van der Waals surface area contributed by atoms with E-state index in [2.05, 4.69) is 20.8 Å². The molecule has 3 aromatic carbocycles. The Morgan fingerprint density at radius 1 is 0.706 bits per heavy atom. The van der Waals surface area contributed by atoms with Gasteiger partial charge in [0, 0.05) is 0 Å². The largest absolute Gasteiger partial charge is 0.461 e. The van der Waals surface area contributed by atoms with Gasteiger partial charge in [-0.25, -0.2) is 4.79 Å². The van der Waals surface area contributed by atoms with Crippen LogP contribution in [-0.4, -0.2) is 23.1 Å². The molecule has 0 amide bonds. The van der Waals surface area contributed by atoms with E-state index in [0.717, 1.165) is 22.3 Å². The van der Waals surface area contributed by atoms with E-state index in [1.165, 1.54) is 0 Å². The van der Waals surface area contributed by atoms with Crippen molar-refractivity contribution in [3.8, 4) is 0 Å². The molecule has 5 nitrogen and oxygen atoms in total. The molecule has 0 bridgehead atoms. The van der Waals surface area contributed by atoms with E-state index < -0.39 is 24.0 Å². The van der Waals surface area contributed by atoms with Crippen molar-refractivity contribution in [2.45, 2.75) is 51.9 Å². The van der Waals surface area contributed by atoms with Crippen LogP contribution in [-0.2, 0) is 44.1 Å². The summed E-state index contributed by atoms with van der Waals surface area (Å²) in [6.45, 7) is 6.45. The second-order valence-electron chi connectivity index (χ2n) is 9.39. The molecule has 3 aromatic rings. The number of ether oxygens (including phenoxy) is 2. The number of aliphatic hydroxyl groups excluding tert-OH is 1. The van der Waals surface area contributed by atoms with E-state index in [1.807, 2.05) is 84.9 Å². The van der Waals surface area contributed by atoms with Crippen LogP contribution < -0.4 is 0 Å². The van der Waals surface area contributed by atoms with Crippen LogP contribution in [0.2, 0.25) is 0 Å². The Labute approximate surface area is 201 Å². The highest BCUT2D eigenvalue weighted by molar-refractivity contribution is 5.84. The average molecular weight is 461 g/mol. The number of carbonyl (C=O) groups excluding carboxylic acids is 2. The Kier molecular flexibility index (Phi) is 8.61. The fraction of sp³-hybridized carbons (Fsp3) is 0.310. The molecule has 178 valence electrons. The van der Waals surface area contributed by atoms with Crippen LogP contribution in [0.1, 0.15) is 43.0 Å². The predicted octanol–water partition coefficient (Wildman–Crippen LogP) is 4.99. The normalized spacial score (nSPS) is 13.1. The lowest BCUT2D eigenvalue weighted by molar-refractivity contribution is -0.168. The highest BCUT2D eigenvalue weighted by Crippen LogP contribution is 2.24. The van der Waals surface area contributed by atoms with Gasteiger partial charge in [-0.1, -0.05) is 106 Å². The maximum atomic E-state index is 13.0. The number of esters is 2. The Balaban J connectivity index is 1.72. The van der Waals surface area contributed by atoms with E-state index in [0.29, 0.717) is 0 Å². The molecule has 3 rings (SSSR count). The summed E-state index contributed by atoms with van der Waals surface area (Å²) < 4.78 is 10.8. The molecule has 0 radical (unpaired) electrons. The first-order valence-electron chi connectivity index (χ1n) is 11.4. The van der Waals surface area contributed by atoms with E-state index in [4.69, 9.17) is 9.47 Å². The zero-order valence-corrected chi connectivity index (χ0v) is 19.9. The molecule has 0 aliphatic heterocycles. The fourth-order valence-electron chi connectivity index (χ4n) is 3.53. The Bertz CT molecular complexity index is 1050. The summed E-state index contributed by atoms with van der Waals surface area (Å²) in [7, 11) is 0. The molecule has 0 unspecified atom stereocenters. The van der Waals surface area contributed by atoms with E-state index in [-0.39, 0.29) is 25.0 Å². The molecular formula is C29H32O5. The van der Waals surface area contributed by atoms with Gasteiger partial charge in [0.25, 0.3) is 0 Å². The molecule has 0 aliphatic rings. The first kappa shape index (κ1) is 25.2. The molecule has 34 heavy (non-hydrogen) atoms. The summed E-state index contributed by atoms with van der Waals surface area (Å²) in [5.74, 6) is -2.59. The van der Waals surface area contributed by atoms with Gasteiger partial charge in [0.15, 0.2) is 6.10 Å². The Morgan fingerprint density at radius 3 is 1.65 bits per heavy atom. The maximum absolute atomic E-state index is 13.0. The first-order valence-corrected chi connectivity index (χ1v) is 11.4. The van der Waals surface area contributed by atoms with Crippen LogP contribution in [0.4, 0.5) is 0 Å². The lowest BCUT2D eigenvalue weighted by Crippen LogP contribution is -2.38. The van der Waals surface area contributed by atoms with Gasteiger partial charge < -0.3 is 14.6 Å². The van der Waals surface area contributed by atoms with Gasteiger partial charge in [0.1, 0.15) is 13.2 Å². The highest BCUT2D eigenvalue weighted by Gasteiger charge is 2.35. The van der Waals surface area contributed by atoms with Crippen molar-refractivity contribution in [2.75, 3.05) is 0 Å². The van der Waals surface area contributed by atoms with Crippen molar-refractivity contribution in [2.24, 2.45) is 5.92 Å². The maximum Gasteiger partial charge on any atom is 0.336 e. The van der Waals surface area contributed by atoms with Gasteiger partial charge >= 0.3 is 11.9 Å². The minimum absolute atomic E-state index is 0.00664. The molecule has 2 atom stereocenters. The third-order valence-electron chi connectivity index (χ3n) is 5.65. The predicted molar refractivity (Wildman–Crippen MR) is 131 cm³/mol. The SMILES string of the molecule is CC(C)(C)c1ccc(C[C@@H](C(=O)OCc2ccccc2)[C@H](O)C(=O)OCc2ccccc2)cc1. The van der Waals surface area contributed by atoms with Gasteiger partial charge in [-0.15, -0.1) is 0 Å². The van der Waals surface area contributed by atoms with Gasteiger partial charge in [-0.05, 0) is 34.1 Å². The van der Waals surface area contributed by atoms with Crippen LogP contribution in [0.5, 0.6) is 0 Å². The average Bonchev–Trinajstić information content (AvgIpc) is 2.85. The first-order chi connectivity index (χ1) is 16.2. The number of benzene rings is 3. The lowest BCUT2D eigenvalue weighted by Gasteiger charge is -2.22. The number of hydrogen-bond donors (Lipinski definition) is 1. The van der Waals surface area contributed by atoms with Crippen LogP contribution in [0.15, 0.2) is 84.9 Å². The summed E-state index contributed by atoms with van der Waals surface area (Å²) in [5, 5.41) is 10.8. The highest BCUT2D eigenvalue weighted by atomic mass is 16.6. The van der Waals surface area contributed by atoms with Gasteiger partial charge in [-0.2, -0.15) is 0 Å². The minimum atomic E-state index is -1.64. The van der Waals surface area contributed by atoms with Gasteiger partial charge in [0.05, 0.1) is 5.92 Å². The smallest absolute Gasteiger partial charge is 0.336 e. The summed E-state index contributed by atoms with van der Waals surface area (Å²) in [4.78, 5) is 25.6. The molecule has 0 saturated carbocycles. The fourth-order valence-corrected chi connectivity index (χ4v) is 3.53. The standard InChI is InChI=1S/C29H32O5/c1-29(2,3)24-16-14-21(15-17-24)18-25(27(31)33-19-22-10-6-4-7-11-22)26(30)28(32)34-20-23-12-8-5-9-13-23/h4-17,25-26,30H,18-20H2,1-3H3/t25-,26+/m1/s1. The van der Waals surface area contributed by atoms with Crippen LogP contribution in [0.25, 0.3) is 0 Å². The summed E-state index contributed by atoms with van der Waals surface area (Å²) >= 11 is 0. The lowest BCUT2D eigenvalue weighted by atomic mass is 9.85. The zero-order valence-electron chi connectivity index (χ0n) is 19.9. The van der Waals surface area contributed by atoms with Crippen LogP contribution in [0, 0.1) is 5.92 Å². The quantitative estimate of drug-likeness (QED) is 0.456. The molecule has 1 N–H and O–H groups in total. The minimum Gasteiger partial charge on any atom is -0.461 e. The molecule has 0 saturated heterocycles. The number of rotatable bonds is 9. The van der Waals surface area contributed by atoms with Crippen molar-refractivity contribution in [3.63, 3.8) is 0 Å². The third-order valence-corrected chi connectivity index (χ3v) is 5.65. The van der Waals surface area contributed by atoms with E-state index >= 15 is 0 Å². The monoisotopic (exact) mass is 460 g/mol. The number of carbonyl (C=O) groups is 2. The Hall–Kier alpha value is -3.44. The van der Waals surface area contributed by atoms with E-state index in [1.54, 1.807) is 0 Å². The topological polar surface area (TPSA) is 72.8 Å². The van der Waals surface area contributed by atoms with Crippen molar-refractivity contribution >= 4 is 11.9 Å². The Morgan fingerprint density at radius 2 is 1.18 bits per heavy atom. The second-order valence-corrected chi connectivity index (χ2v) is 9.39. The molecule has 0 spiro atoms. The molecule has 0 aliphatic carbocycles. The summed E-state index contributed by atoms with van der Waals surface area (Å²) in [6.07, 6.45) is -1.49. The van der Waals surface area contributed by atoms with Gasteiger partial charge in [-0.3, -0.25) is 4.79 Å². The summed E-state index contributed by atoms with van der Waals surface area (Å²) in [6, 6.07) is 26.3. The van der Waals surface area contributed by atoms with Crippen molar-refractivity contribution in [1.29, 1.82) is 0 Å². The second kappa shape index (κ2) is 11.6. The molecule has 0 aromatic heterocycles. The molecular weight excluding hydrogens is 428 g/mol. The van der Waals surface area contributed by atoms with Crippen LogP contribution in [0.3, 0.4) is 0 Å². The zero-order chi connectivity index (χ0) is 24.6. The van der Waals surface area contributed by atoms with Crippen molar-refractivity contribution < 1.29 is 24.2 Å².